The minimum absolute atomic E-state index is 0.200. The Morgan fingerprint density at radius 1 is 1.35 bits per heavy atom. The first-order valence-corrected chi connectivity index (χ1v) is 7.56. The molecule has 0 radical (unpaired) electrons. The smallest absolute Gasteiger partial charge is 0.160 e. The number of nitrogens with zero attached hydrogens (tertiary/aromatic N) is 1. The first-order chi connectivity index (χ1) is 9.69. The number of ether oxygens (including phenoxy) is 1. The molecule has 3 atom stereocenters. The molecule has 0 saturated carbocycles. The van der Waals surface area contributed by atoms with Gasteiger partial charge in [-0.05, 0) is 50.4 Å². The van der Waals surface area contributed by atoms with E-state index in [4.69, 9.17) is 4.74 Å². The normalized spacial score (nSPS) is 27.5. The number of benzene rings is 1. The van der Waals surface area contributed by atoms with Gasteiger partial charge in [0.2, 0.25) is 0 Å². The summed E-state index contributed by atoms with van der Waals surface area (Å²) in [6.07, 6.45) is 3.90. The van der Waals surface area contributed by atoms with E-state index in [2.05, 4.69) is 17.1 Å². The quantitative estimate of drug-likeness (QED) is 0.885. The molecule has 2 N–H and O–H groups in total. The molecule has 4 nitrogen and oxygen atoms in total. The fraction of sp³-hybridized carbons (Fsp3) is 0.625. The Labute approximate surface area is 120 Å². The van der Waals surface area contributed by atoms with Crippen molar-refractivity contribution < 1.29 is 9.84 Å². The minimum atomic E-state index is 0.200. The van der Waals surface area contributed by atoms with Gasteiger partial charge in [-0.25, -0.2) is 0 Å². The van der Waals surface area contributed by atoms with Crippen LogP contribution in [-0.4, -0.2) is 42.3 Å². The van der Waals surface area contributed by atoms with Crippen molar-refractivity contribution in [2.45, 2.75) is 44.3 Å². The minimum Gasteiger partial charge on any atom is -0.504 e. The number of fused-ring (bicyclic) bond motifs is 1. The molecule has 3 rings (SSSR count). The zero-order chi connectivity index (χ0) is 14.1. The van der Waals surface area contributed by atoms with E-state index < -0.39 is 0 Å². The van der Waals surface area contributed by atoms with Crippen LogP contribution in [0.15, 0.2) is 18.2 Å². The van der Waals surface area contributed by atoms with Crippen LogP contribution in [0.1, 0.15) is 37.8 Å². The largest absolute Gasteiger partial charge is 0.504 e. The van der Waals surface area contributed by atoms with Gasteiger partial charge >= 0.3 is 0 Å². The molecule has 0 amide bonds. The van der Waals surface area contributed by atoms with Gasteiger partial charge in [0, 0.05) is 24.7 Å². The zero-order valence-corrected chi connectivity index (χ0v) is 12.3. The van der Waals surface area contributed by atoms with Crippen LogP contribution >= 0.6 is 0 Å². The highest BCUT2D eigenvalue weighted by atomic mass is 16.5. The van der Waals surface area contributed by atoms with Gasteiger partial charge in [0.15, 0.2) is 11.5 Å². The SMILES string of the molecule is COc1cc(C(C)NC2CCN3CCCC23)ccc1O. The molecule has 1 aromatic rings. The Hall–Kier alpha value is -1.26. The fourth-order valence-electron chi connectivity index (χ4n) is 3.66. The van der Waals surface area contributed by atoms with Crippen molar-refractivity contribution in [1.29, 1.82) is 0 Å². The van der Waals surface area contributed by atoms with Gasteiger partial charge in [0.25, 0.3) is 0 Å². The predicted octanol–water partition coefficient (Wildman–Crippen LogP) is 2.29. The lowest BCUT2D eigenvalue weighted by atomic mass is 10.0. The topological polar surface area (TPSA) is 44.7 Å². The Balaban J connectivity index is 1.68. The number of aromatic hydroxyl groups is 1. The third kappa shape index (κ3) is 2.50. The highest BCUT2D eigenvalue weighted by Gasteiger charge is 2.37. The Morgan fingerprint density at radius 3 is 3.00 bits per heavy atom. The van der Waals surface area contributed by atoms with Crippen molar-refractivity contribution >= 4 is 0 Å². The number of nitrogens with one attached hydrogen (secondary N) is 1. The average Bonchev–Trinajstić information content (AvgIpc) is 3.04. The van der Waals surface area contributed by atoms with Crippen LogP contribution < -0.4 is 10.1 Å². The number of methoxy groups -OCH3 is 1. The van der Waals surface area contributed by atoms with Crippen molar-refractivity contribution in [2.24, 2.45) is 0 Å². The molecule has 0 aliphatic carbocycles. The number of hydrogen-bond acceptors (Lipinski definition) is 4. The van der Waals surface area contributed by atoms with Gasteiger partial charge in [0.05, 0.1) is 7.11 Å². The zero-order valence-electron chi connectivity index (χ0n) is 12.3. The summed E-state index contributed by atoms with van der Waals surface area (Å²) in [5, 5.41) is 13.4. The van der Waals surface area contributed by atoms with Crippen LogP contribution in [0.4, 0.5) is 0 Å². The summed E-state index contributed by atoms with van der Waals surface area (Å²) in [6.45, 7) is 4.68. The summed E-state index contributed by atoms with van der Waals surface area (Å²) < 4.78 is 5.19. The van der Waals surface area contributed by atoms with Gasteiger partial charge in [0.1, 0.15) is 0 Å². The maximum absolute atomic E-state index is 9.67. The van der Waals surface area contributed by atoms with Crippen molar-refractivity contribution in [3.63, 3.8) is 0 Å². The van der Waals surface area contributed by atoms with Crippen LogP contribution in [0.5, 0.6) is 11.5 Å². The van der Waals surface area contributed by atoms with E-state index in [1.54, 1.807) is 13.2 Å². The standard InChI is InChI=1S/C16H24N2O2/c1-11(12-5-6-15(19)16(10-12)20-2)17-13-7-9-18-8-3-4-14(13)18/h5-6,10-11,13-14,17,19H,3-4,7-9H2,1-2H3. The maximum atomic E-state index is 9.67. The van der Waals surface area contributed by atoms with Crippen LogP contribution in [0.25, 0.3) is 0 Å². The molecule has 2 aliphatic rings. The first kappa shape index (κ1) is 13.7. The summed E-state index contributed by atoms with van der Waals surface area (Å²) in [5.41, 5.74) is 1.16. The summed E-state index contributed by atoms with van der Waals surface area (Å²) in [4.78, 5) is 2.61. The second kappa shape index (κ2) is 5.62. The molecular weight excluding hydrogens is 252 g/mol. The first-order valence-electron chi connectivity index (χ1n) is 7.56. The third-order valence-corrected chi connectivity index (χ3v) is 4.77. The molecule has 2 fully saturated rings. The van der Waals surface area contributed by atoms with Crippen LogP contribution in [0, 0.1) is 0 Å². The summed E-state index contributed by atoms with van der Waals surface area (Å²) in [6, 6.07) is 7.19. The highest BCUT2D eigenvalue weighted by molar-refractivity contribution is 5.42. The van der Waals surface area contributed by atoms with Gasteiger partial charge in [-0.3, -0.25) is 4.90 Å². The lowest BCUT2D eigenvalue weighted by molar-refractivity contribution is 0.291. The molecule has 110 valence electrons. The van der Waals surface area contributed by atoms with E-state index in [9.17, 15) is 5.11 Å². The molecule has 2 aliphatic heterocycles. The molecule has 1 aromatic carbocycles. The van der Waals surface area contributed by atoms with Gasteiger partial charge < -0.3 is 15.2 Å². The lowest BCUT2D eigenvalue weighted by Crippen LogP contribution is -2.40. The number of rotatable bonds is 4. The van der Waals surface area contributed by atoms with Crippen LogP contribution in [-0.2, 0) is 0 Å². The molecule has 2 saturated heterocycles. The van der Waals surface area contributed by atoms with E-state index in [0.717, 1.165) is 11.6 Å². The fourth-order valence-corrected chi connectivity index (χ4v) is 3.66. The third-order valence-electron chi connectivity index (χ3n) is 4.77. The van der Waals surface area contributed by atoms with E-state index in [-0.39, 0.29) is 11.8 Å². The average molecular weight is 276 g/mol. The van der Waals surface area contributed by atoms with E-state index in [1.165, 1.54) is 32.4 Å². The monoisotopic (exact) mass is 276 g/mol. The Kier molecular flexibility index (Phi) is 3.85. The Bertz CT molecular complexity index is 478. The Morgan fingerprint density at radius 2 is 2.20 bits per heavy atom. The maximum Gasteiger partial charge on any atom is 0.160 e. The van der Waals surface area contributed by atoms with Crippen molar-refractivity contribution in [3.8, 4) is 11.5 Å². The number of hydrogen-bond donors (Lipinski definition) is 2. The highest BCUT2D eigenvalue weighted by Crippen LogP contribution is 2.32. The number of phenolic OH excluding ortho intramolecular Hbond substituents is 1. The van der Waals surface area contributed by atoms with Gasteiger partial charge in [-0.15, -0.1) is 0 Å². The van der Waals surface area contributed by atoms with Crippen LogP contribution in [0.3, 0.4) is 0 Å². The molecule has 2 heterocycles. The molecular formula is C16H24N2O2. The van der Waals surface area contributed by atoms with Gasteiger partial charge in [-0.1, -0.05) is 6.07 Å². The lowest BCUT2D eigenvalue weighted by Gasteiger charge is -2.25. The summed E-state index contributed by atoms with van der Waals surface area (Å²) in [5.74, 6) is 0.747. The predicted molar refractivity (Wildman–Crippen MR) is 79.2 cm³/mol. The second-order valence-electron chi connectivity index (χ2n) is 5.96. The molecule has 3 unspecified atom stereocenters. The van der Waals surface area contributed by atoms with Crippen molar-refractivity contribution in [1.82, 2.24) is 10.2 Å². The molecule has 0 spiro atoms. The summed E-state index contributed by atoms with van der Waals surface area (Å²) >= 11 is 0. The van der Waals surface area contributed by atoms with E-state index >= 15 is 0 Å². The van der Waals surface area contributed by atoms with Crippen molar-refractivity contribution in [3.05, 3.63) is 23.8 Å². The van der Waals surface area contributed by atoms with Crippen LogP contribution in [0.2, 0.25) is 0 Å². The van der Waals surface area contributed by atoms with Gasteiger partial charge in [-0.2, -0.15) is 0 Å². The van der Waals surface area contributed by atoms with E-state index in [1.807, 2.05) is 12.1 Å². The molecule has 0 aromatic heterocycles. The molecule has 0 bridgehead atoms. The second-order valence-corrected chi connectivity index (χ2v) is 5.96. The molecule has 4 heteroatoms. The summed E-state index contributed by atoms with van der Waals surface area (Å²) in [7, 11) is 1.59. The number of phenols is 1. The van der Waals surface area contributed by atoms with E-state index in [0.29, 0.717) is 11.8 Å². The van der Waals surface area contributed by atoms with Crippen molar-refractivity contribution in [2.75, 3.05) is 20.2 Å². The molecule has 20 heavy (non-hydrogen) atoms.